The minimum absolute atomic E-state index is 0.166. The van der Waals surface area contributed by atoms with Crippen molar-refractivity contribution in [2.75, 3.05) is 0 Å². The van der Waals surface area contributed by atoms with Gasteiger partial charge in [-0.3, -0.25) is 0 Å². The molecule has 5 heteroatoms. The van der Waals surface area contributed by atoms with Gasteiger partial charge in [0, 0.05) is 0 Å². The Morgan fingerprint density at radius 1 is 0.435 bits per heavy atom. The van der Waals surface area contributed by atoms with Gasteiger partial charge in [0.15, 0.2) is 0 Å². The summed E-state index contributed by atoms with van der Waals surface area (Å²) in [6.45, 7) is 0. The van der Waals surface area contributed by atoms with Crippen molar-refractivity contribution in [2.45, 2.75) is 0 Å². The van der Waals surface area contributed by atoms with Crippen LogP contribution in [0.4, 0.5) is 0 Å². The Hall–Kier alpha value is -5.61. The molecule has 10 aromatic rings. The van der Waals surface area contributed by atoms with Gasteiger partial charge in [0.25, 0.3) is 0 Å². The number of hydrogen-bond acceptors (Lipinski definition) is 4. The summed E-state index contributed by atoms with van der Waals surface area (Å²) in [6.07, 6.45) is 0. The second kappa shape index (κ2) is 9.95. The third-order valence-electron chi connectivity index (χ3n) is 8.92. The molecule has 0 aliphatic carbocycles. The molecule has 7 aromatic carbocycles. The topological polar surface area (TPSA) is 51.8 Å². The van der Waals surface area contributed by atoms with Crippen LogP contribution in [0.3, 0.4) is 0 Å². The van der Waals surface area contributed by atoms with Crippen molar-refractivity contribution >= 4 is 77.3 Å². The van der Waals surface area contributed by atoms with E-state index in [0.29, 0.717) is 17.5 Å². The Kier molecular flexibility index (Phi) is 5.56. The number of aromatic nitrogens is 3. The van der Waals surface area contributed by atoms with Crippen LogP contribution < -0.4 is 0 Å². The molecule has 0 radical (unpaired) electrons. The van der Waals surface area contributed by atoms with E-state index in [-0.39, 0.29) is 14.5 Å². The number of furan rings is 1. The molecular weight excluding hydrogens is 629 g/mol. The fourth-order valence-electron chi connectivity index (χ4n) is 6.81. The first-order chi connectivity index (χ1) is 22.8. The van der Waals surface area contributed by atoms with Crippen LogP contribution in [0.1, 0.15) is 0 Å². The minimum atomic E-state index is 0.166. The van der Waals surface area contributed by atoms with Crippen molar-refractivity contribution in [3.63, 3.8) is 0 Å². The number of benzene rings is 7. The van der Waals surface area contributed by atoms with Gasteiger partial charge in [-0.1, -0.05) is 18.2 Å². The SMILES string of the molecule is c1ccc(-c2nc(-c3ccc4c5ccccc5c5c6ccccc6oc5c4c3)nc(-c3cccc4c3[se]c3ccccc34)n2)cc1. The van der Waals surface area contributed by atoms with Crippen LogP contribution in [0.25, 0.3) is 96.9 Å². The Morgan fingerprint density at radius 3 is 1.96 bits per heavy atom. The second-order valence-corrected chi connectivity index (χ2v) is 13.8. The monoisotopic (exact) mass is 653 g/mol. The van der Waals surface area contributed by atoms with Crippen molar-refractivity contribution < 1.29 is 4.42 Å². The number of nitrogens with zero attached hydrogens (tertiary/aromatic N) is 3. The van der Waals surface area contributed by atoms with E-state index in [1.54, 1.807) is 0 Å². The van der Waals surface area contributed by atoms with E-state index < -0.39 is 0 Å². The van der Waals surface area contributed by atoms with Gasteiger partial charge in [-0.2, -0.15) is 0 Å². The van der Waals surface area contributed by atoms with Gasteiger partial charge in [0.2, 0.25) is 0 Å². The first kappa shape index (κ1) is 25.7. The zero-order valence-corrected chi connectivity index (χ0v) is 26.2. The molecule has 0 bridgehead atoms. The van der Waals surface area contributed by atoms with E-state index >= 15 is 0 Å². The summed E-state index contributed by atoms with van der Waals surface area (Å²) < 4.78 is 9.30. The summed E-state index contributed by atoms with van der Waals surface area (Å²) >= 11 is 0.166. The molecule has 46 heavy (non-hydrogen) atoms. The number of hydrogen-bond donors (Lipinski definition) is 0. The normalized spacial score (nSPS) is 11.9. The van der Waals surface area contributed by atoms with E-state index in [4.69, 9.17) is 19.4 Å². The number of rotatable bonds is 3. The third kappa shape index (κ3) is 3.83. The Balaban J connectivity index is 1.26. The first-order valence-electron chi connectivity index (χ1n) is 15.3. The summed E-state index contributed by atoms with van der Waals surface area (Å²) in [5.74, 6) is 2.00. The molecule has 0 fully saturated rings. The predicted molar refractivity (Wildman–Crippen MR) is 190 cm³/mol. The van der Waals surface area contributed by atoms with Crippen molar-refractivity contribution in [3.05, 3.63) is 140 Å². The van der Waals surface area contributed by atoms with Crippen LogP contribution in [-0.2, 0) is 0 Å². The fraction of sp³-hybridized carbons (Fsp3) is 0. The molecule has 3 aromatic heterocycles. The van der Waals surface area contributed by atoms with Crippen LogP contribution in [0.5, 0.6) is 0 Å². The Labute approximate surface area is 269 Å². The maximum atomic E-state index is 6.58. The van der Waals surface area contributed by atoms with Gasteiger partial charge in [-0.15, -0.1) is 0 Å². The quantitative estimate of drug-likeness (QED) is 0.141. The van der Waals surface area contributed by atoms with Crippen molar-refractivity contribution in [1.82, 2.24) is 15.0 Å². The van der Waals surface area contributed by atoms with E-state index in [1.807, 2.05) is 30.3 Å². The summed E-state index contributed by atoms with van der Waals surface area (Å²) in [4.78, 5) is 15.4. The molecule has 10 rings (SSSR count). The fourth-order valence-corrected chi connectivity index (χ4v) is 9.35. The number of para-hydroxylation sites is 1. The van der Waals surface area contributed by atoms with E-state index in [9.17, 15) is 0 Å². The summed E-state index contributed by atoms with van der Waals surface area (Å²) in [7, 11) is 0. The molecule has 0 N–H and O–H groups in total. The molecule has 0 aliphatic rings. The Bertz CT molecular complexity index is 2820. The van der Waals surface area contributed by atoms with E-state index in [2.05, 4.69) is 109 Å². The summed E-state index contributed by atoms with van der Waals surface area (Å²) in [6, 6.07) is 48.8. The van der Waals surface area contributed by atoms with Gasteiger partial charge >= 0.3 is 252 Å². The molecule has 0 atom stereocenters. The molecule has 0 spiro atoms. The van der Waals surface area contributed by atoms with Gasteiger partial charge in [0.1, 0.15) is 0 Å². The molecular formula is C41H23N3OSe. The molecule has 0 aliphatic heterocycles. The molecule has 3 heterocycles. The van der Waals surface area contributed by atoms with Crippen LogP contribution in [0.2, 0.25) is 0 Å². The third-order valence-corrected chi connectivity index (χ3v) is 11.5. The van der Waals surface area contributed by atoms with Crippen LogP contribution in [0.15, 0.2) is 144 Å². The molecule has 4 nitrogen and oxygen atoms in total. The van der Waals surface area contributed by atoms with Crippen molar-refractivity contribution in [2.24, 2.45) is 0 Å². The van der Waals surface area contributed by atoms with E-state index in [1.165, 1.54) is 30.1 Å². The zero-order valence-electron chi connectivity index (χ0n) is 24.4. The average molecular weight is 653 g/mol. The van der Waals surface area contributed by atoms with Crippen LogP contribution >= 0.6 is 0 Å². The van der Waals surface area contributed by atoms with Crippen molar-refractivity contribution in [1.29, 1.82) is 0 Å². The molecule has 0 unspecified atom stereocenters. The standard InChI is InChI=1S/C41H23N3OSe/c1-2-11-24(12-3-1)39-42-40(44-41(43-39)32-18-10-17-30-28-14-7-9-20-35(28)46-38(30)32)25-21-22-27-26-13-4-5-15-29(26)36-31-16-6-8-19-34(31)45-37(36)33(27)23-25/h1-23H. The van der Waals surface area contributed by atoms with Crippen molar-refractivity contribution in [3.8, 4) is 34.2 Å². The molecule has 214 valence electrons. The van der Waals surface area contributed by atoms with Crippen LogP contribution in [0, 0.1) is 0 Å². The summed E-state index contributed by atoms with van der Waals surface area (Å²) in [5.41, 5.74) is 4.72. The average Bonchev–Trinajstić information content (AvgIpc) is 3.71. The predicted octanol–water partition coefficient (Wildman–Crippen LogP) is 10.4. The van der Waals surface area contributed by atoms with Gasteiger partial charge in [-0.25, -0.2) is 0 Å². The van der Waals surface area contributed by atoms with Gasteiger partial charge in [0.05, 0.1) is 0 Å². The maximum absolute atomic E-state index is 6.58. The molecule has 0 saturated carbocycles. The summed E-state index contributed by atoms with van der Waals surface area (Å²) in [5, 5.41) is 9.43. The zero-order chi connectivity index (χ0) is 30.2. The van der Waals surface area contributed by atoms with Gasteiger partial charge < -0.3 is 0 Å². The molecule has 0 saturated heterocycles. The first-order valence-corrected chi connectivity index (χ1v) is 17.0. The van der Waals surface area contributed by atoms with E-state index in [0.717, 1.165) is 49.4 Å². The number of fused-ring (bicyclic) bond motifs is 11. The second-order valence-electron chi connectivity index (χ2n) is 11.6. The molecule has 0 amide bonds. The Morgan fingerprint density at radius 2 is 1.09 bits per heavy atom. The van der Waals surface area contributed by atoms with Gasteiger partial charge in [-0.05, 0) is 0 Å². The van der Waals surface area contributed by atoms with Crippen LogP contribution in [-0.4, -0.2) is 29.5 Å².